The molecule has 0 saturated carbocycles. The SMILES string of the molecule is CCN(C)c1cc(C(=O)NO)cc(C)n1. The maximum atomic E-state index is 11.2. The number of carbonyl (C=O) groups is 1. The van der Waals surface area contributed by atoms with E-state index in [0.29, 0.717) is 5.56 Å². The van der Waals surface area contributed by atoms with E-state index in [-0.39, 0.29) is 0 Å². The molecule has 0 fully saturated rings. The van der Waals surface area contributed by atoms with Crippen LogP contribution in [0.3, 0.4) is 0 Å². The molecular weight excluding hydrogens is 194 g/mol. The molecule has 0 saturated heterocycles. The van der Waals surface area contributed by atoms with Gasteiger partial charge in [-0.15, -0.1) is 0 Å². The Hall–Kier alpha value is -1.62. The summed E-state index contributed by atoms with van der Waals surface area (Å²) < 4.78 is 0. The molecule has 1 aromatic rings. The van der Waals surface area contributed by atoms with Gasteiger partial charge in [0.2, 0.25) is 0 Å². The molecule has 0 spiro atoms. The van der Waals surface area contributed by atoms with Crippen LogP contribution in [0, 0.1) is 6.92 Å². The van der Waals surface area contributed by atoms with Gasteiger partial charge in [-0.2, -0.15) is 0 Å². The van der Waals surface area contributed by atoms with Crippen LogP contribution in [0.2, 0.25) is 0 Å². The highest BCUT2D eigenvalue weighted by atomic mass is 16.5. The van der Waals surface area contributed by atoms with Crippen LogP contribution in [-0.4, -0.2) is 29.7 Å². The number of pyridine rings is 1. The number of hydroxylamine groups is 1. The fraction of sp³-hybridized carbons (Fsp3) is 0.400. The van der Waals surface area contributed by atoms with E-state index >= 15 is 0 Å². The maximum Gasteiger partial charge on any atom is 0.274 e. The van der Waals surface area contributed by atoms with Crippen LogP contribution in [0.15, 0.2) is 12.1 Å². The van der Waals surface area contributed by atoms with Gasteiger partial charge in [-0.3, -0.25) is 10.0 Å². The summed E-state index contributed by atoms with van der Waals surface area (Å²) in [5, 5.41) is 8.53. The molecule has 0 bridgehead atoms. The third-order valence-corrected chi connectivity index (χ3v) is 2.17. The van der Waals surface area contributed by atoms with Crippen molar-refractivity contribution in [1.29, 1.82) is 0 Å². The molecule has 0 aliphatic rings. The second kappa shape index (κ2) is 4.75. The molecule has 82 valence electrons. The molecule has 5 heteroatoms. The van der Waals surface area contributed by atoms with Crippen LogP contribution in [0.4, 0.5) is 5.82 Å². The minimum Gasteiger partial charge on any atom is -0.360 e. The molecule has 1 amide bonds. The summed E-state index contributed by atoms with van der Waals surface area (Å²) in [6, 6.07) is 3.26. The quantitative estimate of drug-likeness (QED) is 0.575. The lowest BCUT2D eigenvalue weighted by atomic mass is 10.2. The summed E-state index contributed by atoms with van der Waals surface area (Å²) in [5.74, 6) is 0.197. The molecule has 0 aliphatic heterocycles. The lowest BCUT2D eigenvalue weighted by Crippen LogP contribution is -2.22. The predicted octanol–water partition coefficient (Wildman–Crippen LogP) is 0.965. The maximum absolute atomic E-state index is 11.2. The van der Waals surface area contributed by atoms with Crippen molar-refractivity contribution in [3.05, 3.63) is 23.4 Å². The van der Waals surface area contributed by atoms with Crippen molar-refractivity contribution >= 4 is 11.7 Å². The molecule has 1 rings (SSSR count). The molecule has 0 atom stereocenters. The second-order valence-electron chi connectivity index (χ2n) is 3.31. The lowest BCUT2D eigenvalue weighted by molar-refractivity contribution is 0.0706. The Labute approximate surface area is 88.7 Å². The van der Waals surface area contributed by atoms with Gasteiger partial charge in [-0.05, 0) is 26.0 Å². The van der Waals surface area contributed by atoms with Crippen molar-refractivity contribution in [1.82, 2.24) is 10.5 Å². The van der Waals surface area contributed by atoms with Crippen LogP contribution >= 0.6 is 0 Å². The van der Waals surface area contributed by atoms with E-state index in [1.54, 1.807) is 24.5 Å². The first-order valence-corrected chi connectivity index (χ1v) is 4.72. The second-order valence-corrected chi connectivity index (χ2v) is 3.31. The van der Waals surface area contributed by atoms with Gasteiger partial charge in [0.1, 0.15) is 5.82 Å². The summed E-state index contributed by atoms with van der Waals surface area (Å²) in [6.45, 7) is 4.60. The molecule has 15 heavy (non-hydrogen) atoms. The van der Waals surface area contributed by atoms with E-state index < -0.39 is 5.91 Å². The average Bonchev–Trinajstić information content (AvgIpc) is 2.26. The van der Waals surface area contributed by atoms with Gasteiger partial charge < -0.3 is 4.90 Å². The largest absolute Gasteiger partial charge is 0.360 e. The third-order valence-electron chi connectivity index (χ3n) is 2.17. The van der Waals surface area contributed by atoms with Crippen LogP contribution in [0.5, 0.6) is 0 Å². The number of carbonyl (C=O) groups excluding carboxylic acids is 1. The molecule has 1 aromatic heterocycles. The highest BCUT2D eigenvalue weighted by Crippen LogP contribution is 2.13. The lowest BCUT2D eigenvalue weighted by Gasteiger charge is -2.16. The molecule has 0 aliphatic carbocycles. The summed E-state index contributed by atoms with van der Waals surface area (Å²) in [7, 11) is 1.89. The highest BCUT2D eigenvalue weighted by molar-refractivity contribution is 5.94. The summed E-state index contributed by atoms with van der Waals surface area (Å²) >= 11 is 0. The summed E-state index contributed by atoms with van der Waals surface area (Å²) in [5.41, 5.74) is 2.75. The first-order valence-electron chi connectivity index (χ1n) is 4.72. The van der Waals surface area contributed by atoms with Crippen molar-refractivity contribution in [2.24, 2.45) is 0 Å². The van der Waals surface area contributed by atoms with E-state index in [1.807, 2.05) is 18.9 Å². The topological polar surface area (TPSA) is 65.5 Å². The van der Waals surface area contributed by atoms with E-state index in [4.69, 9.17) is 5.21 Å². The van der Waals surface area contributed by atoms with Gasteiger partial charge in [-0.1, -0.05) is 0 Å². The Morgan fingerprint density at radius 3 is 2.80 bits per heavy atom. The van der Waals surface area contributed by atoms with E-state index in [9.17, 15) is 4.79 Å². The first kappa shape index (κ1) is 11.5. The third kappa shape index (κ3) is 2.66. The van der Waals surface area contributed by atoms with Crippen molar-refractivity contribution in [3.63, 3.8) is 0 Å². The van der Waals surface area contributed by atoms with Gasteiger partial charge in [0.05, 0.1) is 0 Å². The van der Waals surface area contributed by atoms with Gasteiger partial charge in [0.15, 0.2) is 0 Å². The number of nitrogens with zero attached hydrogens (tertiary/aromatic N) is 2. The van der Waals surface area contributed by atoms with Gasteiger partial charge >= 0.3 is 0 Å². The predicted molar refractivity (Wildman–Crippen MR) is 57.2 cm³/mol. The van der Waals surface area contributed by atoms with E-state index in [2.05, 4.69) is 4.98 Å². The number of nitrogens with one attached hydrogen (secondary N) is 1. The highest BCUT2D eigenvalue weighted by Gasteiger charge is 2.09. The Bertz CT molecular complexity index is 366. The standard InChI is InChI=1S/C10H15N3O2/c1-4-13(3)9-6-8(10(14)12-15)5-7(2)11-9/h5-6,15H,4H2,1-3H3,(H,12,14). The summed E-state index contributed by atoms with van der Waals surface area (Å²) in [6.07, 6.45) is 0. The summed E-state index contributed by atoms with van der Waals surface area (Å²) in [4.78, 5) is 17.4. The number of aryl methyl sites for hydroxylation is 1. The first-order chi connectivity index (χ1) is 7.08. The Morgan fingerprint density at radius 2 is 2.27 bits per heavy atom. The zero-order valence-corrected chi connectivity index (χ0v) is 9.11. The van der Waals surface area contributed by atoms with Gasteiger partial charge in [0.25, 0.3) is 5.91 Å². The zero-order valence-electron chi connectivity index (χ0n) is 9.11. The molecule has 5 nitrogen and oxygen atoms in total. The number of aromatic nitrogens is 1. The smallest absolute Gasteiger partial charge is 0.274 e. The monoisotopic (exact) mass is 209 g/mol. The van der Waals surface area contributed by atoms with Crippen LogP contribution in [0.25, 0.3) is 0 Å². The Kier molecular flexibility index (Phi) is 3.62. The van der Waals surface area contributed by atoms with Gasteiger partial charge in [-0.25, -0.2) is 10.5 Å². The molecule has 0 aromatic carbocycles. The van der Waals surface area contributed by atoms with Crippen molar-refractivity contribution in [2.45, 2.75) is 13.8 Å². The molecule has 1 heterocycles. The molecular formula is C10H15N3O2. The molecule has 0 radical (unpaired) electrons. The van der Waals surface area contributed by atoms with Crippen molar-refractivity contribution < 1.29 is 10.0 Å². The number of hydrogen-bond donors (Lipinski definition) is 2. The minimum atomic E-state index is -0.522. The van der Waals surface area contributed by atoms with Crippen LogP contribution in [0.1, 0.15) is 23.0 Å². The number of rotatable bonds is 3. The number of anilines is 1. The van der Waals surface area contributed by atoms with Crippen molar-refractivity contribution in [2.75, 3.05) is 18.5 Å². The molecule has 0 unspecified atom stereocenters. The zero-order chi connectivity index (χ0) is 11.4. The Balaban J connectivity index is 3.10. The Morgan fingerprint density at radius 1 is 1.60 bits per heavy atom. The number of hydrogen-bond acceptors (Lipinski definition) is 4. The van der Waals surface area contributed by atoms with E-state index in [0.717, 1.165) is 18.1 Å². The van der Waals surface area contributed by atoms with Crippen LogP contribution in [-0.2, 0) is 0 Å². The fourth-order valence-electron chi connectivity index (χ4n) is 1.20. The van der Waals surface area contributed by atoms with Crippen molar-refractivity contribution in [3.8, 4) is 0 Å². The van der Waals surface area contributed by atoms with Crippen LogP contribution < -0.4 is 10.4 Å². The fourth-order valence-corrected chi connectivity index (χ4v) is 1.20. The molecule has 2 N–H and O–H groups in total. The average molecular weight is 209 g/mol. The number of amides is 1. The normalized spacial score (nSPS) is 9.87. The minimum absolute atomic E-state index is 0.403. The van der Waals surface area contributed by atoms with Gasteiger partial charge in [0, 0.05) is 24.8 Å². The van der Waals surface area contributed by atoms with E-state index in [1.165, 1.54) is 0 Å².